The van der Waals surface area contributed by atoms with Crippen LogP contribution in [-0.4, -0.2) is 29.3 Å². The lowest BCUT2D eigenvalue weighted by molar-refractivity contribution is -0.189. The van der Waals surface area contributed by atoms with E-state index in [1.54, 1.807) is 0 Å². The van der Waals surface area contributed by atoms with Gasteiger partial charge in [-0.1, -0.05) is 19.8 Å². The van der Waals surface area contributed by atoms with E-state index in [1.807, 2.05) is 11.8 Å². The zero-order chi connectivity index (χ0) is 12.5. The topological polar surface area (TPSA) is 12.0 Å². The molecule has 1 N–H and O–H groups in total. The SMILES string of the molecule is CC1SCCC1NC1CCCCC1C(F)(F)F. The molecule has 0 radical (unpaired) electrons. The van der Waals surface area contributed by atoms with Gasteiger partial charge in [0.1, 0.15) is 0 Å². The molecule has 0 aromatic carbocycles. The van der Waals surface area contributed by atoms with Gasteiger partial charge in [0.15, 0.2) is 0 Å². The summed E-state index contributed by atoms with van der Waals surface area (Å²) in [6.45, 7) is 2.11. The van der Waals surface area contributed by atoms with Crippen LogP contribution < -0.4 is 5.32 Å². The zero-order valence-corrected chi connectivity index (χ0v) is 10.9. The highest BCUT2D eigenvalue weighted by molar-refractivity contribution is 8.00. The highest BCUT2D eigenvalue weighted by atomic mass is 32.2. The Labute approximate surface area is 105 Å². The molecule has 4 unspecified atom stereocenters. The number of thioether (sulfide) groups is 1. The van der Waals surface area contributed by atoms with Crippen LogP contribution in [0, 0.1) is 5.92 Å². The summed E-state index contributed by atoms with van der Waals surface area (Å²) in [4.78, 5) is 0. The molecule has 5 heteroatoms. The van der Waals surface area contributed by atoms with E-state index in [2.05, 4.69) is 12.2 Å². The lowest BCUT2D eigenvalue weighted by Crippen LogP contribution is -2.50. The molecule has 4 atom stereocenters. The van der Waals surface area contributed by atoms with Crippen molar-refractivity contribution < 1.29 is 13.2 Å². The van der Waals surface area contributed by atoms with Crippen LogP contribution in [-0.2, 0) is 0 Å². The van der Waals surface area contributed by atoms with E-state index in [9.17, 15) is 13.2 Å². The standard InChI is InChI=1S/C12H20F3NS/c1-8-10(6-7-17-8)16-11-5-3-2-4-9(11)12(13,14)15/h8-11,16H,2-7H2,1H3. The normalized spacial score (nSPS) is 39.5. The summed E-state index contributed by atoms with van der Waals surface area (Å²) in [5, 5.41) is 3.73. The maximum atomic E-state index is 12.9. The monoisotopic (exact) mass is 267 g/mol. The Hall–Kier alpha value is 0.100. The van der Waals surface area contributed by atoms with Crippen LogP contribution in [0.2, 0.25) is 0 Å². The van der Waals surface area contributed by atoms with Crippen molar-refractivity contribution in [3.63, 3.8) is 0 Å². The molecule has 0 amide bonds. The summed E-state index contributed by atoms with van der Waals surface area (Å²) in [6.07, 6.45) is -0.400. The Kier molecular flexibility index (Phi) is 4.29. The molecular formula is C12H20F3NS. The Bertz CT molecular complexity index is 257. The molecule has 1 aliphatic carbocycles. The van der Waals surface area contributed by atoms with E-state index < -0.39 is 12.1 Å². The Balaban J connectivity index is 1.96. The maximum Gasteiger partial charge on any atom is 0.393 e. The van der Waals surface area contributed by atoms with Gasteiger partial charge in [0.2, 0.25) is 0 Å². The molecular weight excluding hydrogens is 247 g/mol. The number of halogens is 3. The summed E-state index contributed by atoms with van der Waals surface area (Å²) in [6, 6.07) is -0.0807. The molecule has 1 heterocycles. The first-order valence-electron chi connectivity index (χ1n) is 6.43. The van der Waals surface area contributed by atoms with Crippen molar-refractivity contribution in [1.82, 2.24) is 5.32 Å². The van der Waals surface area contributed by atoms with E-state index in [0.29, 0.717) is 18.1 Å². The van der Waals surface area contributed by atoms with Gasteiger partial charge in [0.05, 0.1) is 5.92 Å². The zero-order valence-electron chi connectivity index (χ0n) is 10.1. The Morgan fingerprint density at radius 2 is 1.76 bits per heavy atom. The van der Waals surface area contributed by atoms with Gasteiger partial charge in [-0.25, -0.2) is 0 Å². The fourth-order valence-corrected chi connectivity index (χ4v) is 4.16. The smallest absolute Gasteiger partial charge is 0.309 e. The van der Waals surface area contributed by atoms with E-state index in [1.165, 1.54) is 0 Å². The van der Waals surface area contributed by atoms with E-state index in [-0.39, 0.29) is 12.1 Å². The molecule has 0 aromatic heterocycles. The number of nitrogens with one attached hydrogen (secondary N) is 1. The van der Waals surface area contributed by atoms with Crippen LogP contribution in [0.1, 0.15) is 39.0 Å². The van der Waals surface area contributed by atoms with Crippen molar-refractivity contribution in [3.8, 4) is 0 Å². The molecule has 2 rings (SSSR count). The number of hydrogen-bond donors (Lipinski definition) is 1. The first kappa shape index (κ1) is 13.5. The van der Waals surface area contributed by atoms with Crippen LogP contribution in [0.5, 0.6) is 0 Å². The number of rotatable bonds is 2. The van der Waals surface area contributed by atoms with Crippen molar-refractivity contribution in [1.29, 1.82) is 0 Å². The summed E-state index contributed by atoms with van der Waals surface area (Å²) < 4.78 is 38.8. The largest absolute Gasteiger partial charge is 0.393 e. The van der Waals surface area contributed by atoms with Gasteiger partial charge in [-0.2, -0.15) is 24.9 Å². The predicted molar refractivity (Wildman–Crippen MR) is 65.3 cm³/mol. The average Bonchev–Trinajstić information content (AvgIpc) is 2.64. The van der Waals surface area contributed by atoms with E-state index in [0.717, 1.165) is 25.0 Å². The van der Waals surface area contributed by atoms with Gasteiger partial charge >= 0.3 is 6.18 Å². The fraction of sp³-hybridized carbons (Fsp3) is 1.00. The number of alkyl halides is 3. The highest BCUT2D eigenvalue weighted by Crippen LogP contribution is 2.39. The molecule has 100 valence electrons. The van der Waals surface area contributed by atoms with Gasteiger partial charge in [-0.15, -0.1) is 0 Å². The molecule has 0 bridgehead atoms. The minimum atomic E-state index is -4.03. The lowest BCUT2D eigenvalue weighted by atomic mass is 9.83. The number of hydrogen-bond acceptors (Lipinski definition) is 2. The molecule has 0 spiro atoms. The van der Waals surface area contributed by atoms with Crippen LogP contribution in [0.25, 0.3) is 0 Å². The Morgan fingerprint density at radius 1 is 1.06 bits per heavy atom. The molecule has 2 fully saturated rings. The molecule has 1 saturated carbocycles. The molecule has 2 aliphatic rings. The molecule has 17 heavy (non-hydrogen) atoms. The third-order valence-corrected chi connectivity index (χ3v) is 5.32. The van der Waals surface area contributed by atoms with Crippen LogP contribution in [0.15, 0.2) is 0 Å². The van der Waals surface area contributed by atoms with Crippen LogP contribution >= 0.6 is 11.8 Å². The summed E-state index contributed by atoms with van der Waals surface area (Å²) >= 11 is 1.86. The quantitative estimate of drug-likeness (QED) is 0.820. The second-order valence-corrected chi connectivity index (χ2v) is 6.66. The lowest BCUT2D eigenvalue weighted by Gasteiger charge is -2.36. The second kappa shape index (κ2) is 5.39. The average molecular weight is 267 g/mol. The first-order chi connectivity index (χ1) is 7.98. The van der Waals surface area contributed by atoms with Crippen LogP contribution in [0.3, 0.4) is 0 Å². The molecule has 1 nitrogen and oxygen atoms in total. The third kappa shape index (κ3) is 3.31. The van der Waals surface area contributed by atoms with Gasteiger partial charge in [0.25, 0.3) is 0 Å². The maximum absolute atomic E-state index is 12.9. The highest BCUT2D eigenvalue weighted by Gasteiger charge is 2.46. The summed E-state index contributed by atoms with van der Waals surface area (Å²) in [5.74, 6) is -0.0588. The van der Waals surface area contributed by atoms with E-state index >= 15 is 0 Å². The van der Waals surface area contributed by atoms with Crippen molar-refractivity contribution in [2.75, 3.05) is 5.75 Å². The van der Waals surface area contributed by atoms with Crippen molar-refractivity contribution >= 4 is 11.8 Å². The second-order valence-electron chi connectivity index (χ2n) is 5.18. The van der Waals surface area contributed by atoms with Gasteiger partial charge in [-0.05, 0) is 25.0 Å². The minimum absolute atomic E-state index is 0.271. The predicted octanol–water partition coefficient (Wildman–Crippen LogP) is 3.59. The van der Waals surface area contributed by atoms with Crippen molar-refractivity contribution in [2.45, 2.75) is 62.5 Å². The van der Waals surface area contributed by atoms with Gasteiger partial charge in [-0.3, -0.25) is 0 Å². The first-order valence-corrected chi connectivity index (χ1v) is 7.47. The van der Waals surface area contributed by atoms with Crippen molar-refractivity contribution in [2.24, 2.45) is 5.92 Å². The fourth-order valence-electron chi connectivity index (χ4n) is 2.95. The molecule has 0 aromatic rings. The molecule has 1 saturated heterocycles. The third-order valence-electron chi connectivity index (χ3n) is 3.99. The van der Waals surface area contributed by atoms with E-state index in [4.69, 9.17) is 0 Å². The van der Waals surface area contributed by atoms with Crippen molar-refractivity contribution in [3.05, 3.63) is 0 Å². The summed E-state index contributed by atoms with van der Waals surface area (Å²) in [5.41, 5.74) is 0. The van der Waals surface area contributed by atoms with Crippen LogP contribution in [0.4, 0.5) is 13.2 Å². The minimum Gasteiger partial charge on any atom is -0.309 e. The molecule has 1 aliphatic heterocycles. The summed E-state index contributed by atoms with van der Waals surface area (Å²) in [7, 11) is 0. The van der Waals surface area contributed by atoms with Gasteiger partial charge in [0, 0.05) is 17.3 Å². The Morgan fingerprint density at radius 3 is 2.35 bits per heavy atom. The van der Waals surface area contributed by atoms with Gasteiger partial charge < -0.3 is 5.32 Å².